The van der Waals surface area contributed by atoms with Crippen LogP contribution in [0.25, 0.3) is 0 Å². The molecule has 0 unspecified atom stereocenters. The molecular formula is C9H9Cl3S. The van der Waals surface area contributed by atoms with Gasteiger partial charge in [-0.15, -0.1) is 11.8 Å². The summed E-state index contributed by atoms with van der Waals surface area (Å²) in [6.45, 7) is 0. The zero-order valence-corrected chi connectivity index (χ0v) is 10.1. The molecule has 0 N–H and O–H groups in total. The smallest absolute Gasteiger partial charge is 0.130 e. The van der Waals surface area contributed by atoms with Gasteiger partial charge in [-0.05, 0) is 24.0 Å². The van der Waals surface area contributed by atoms with Gasteiger partial charge in [-0.3, -0.25) is 0 Å². The predicted octanol–water partition coefficient (Wildman–Crippen LogP) is 4.32. The second-order valence-electron chi connectivity index (χ2n) is 2.64. The van der Waals surface area contributed by atoms with Crippen LogP contribution in [0.3, 0.4) is 0 Å². The normalized spacial score (nSPS) is 11.7. The van der Waals surface area contributed by atoms with Crippen molar-refractivity contribution in [3.8, 4) is 0 Å². The molecular weight excluding hydrogens is 247 g/mol. The fourth-order valence-corrected chi connectivity index (χ4v) is 1.96. The molecule has 0 radical (unpaired) electrons. The first-order chi connectivity index (χ1) is 6.01. The van der Waals surface area contributed by atoms with Gasteiger partial charge in [-0.1, -0.05) is 46.9 Å². The summed E-state index contributed by atoms with van der Waals surface area (Å²) >= 11 is 18.7. The van der Waals surface area contributed by atoms with E-state index in [1.165, 1.54) is 4.90 Å². The first-order valence-corrected chi connectivity index (χ1v) is 6.07. The molecule has 0 aromatic heterocycles. The SMILES string of the molecule is CSc1cccc(CC(Cl)(Cl)Cl)c1. The van der Waals surface area contributed by atoms with E-state index in [2.05, 4.69) is 0 Å². The molecule has 0 saturated heterocycles. The van der Waals surface area contributed by atoms with E-state index in [4.69, 9.17) is 34.8 Å². The van der Waals surface area contributed by atoms with Gasteiger partial charge >= 0.3 is 0 Å². The number of hydrogen-bond donors (Lipinski definition) is 0. The van der Waals surface area contributed by atoms with Crippen LogP contribution in [0.5, 0.6) is 0 Å². The molecule has 72 valence electrons. The molecule has 4 heteroatoms. The molecule has 0 atom stereocenters. The van der Waals surface area contributed by atoms with Gasteiger partial charge in [0, 0.05) is 11.3 Å². The lowest BCUT2D eigenvalue weighted by atomic mass is 10.2. The van der Waals surface area contributed by atoms with Crippen LogP contribution in [0.4, 0.5) is 0 Å². The third kappa shape index (κ3) is 4.46. The Labute approximate surface area is 97.6 Å². The fourth-order valence-electron chi connectivity index (χ4n) is 1.01. The minimum Gasteiger partial charge on any atom is -0.130 e. The van der Waals surface area contributed by atoms with Crippen LogP contribution in [0.1, 0.15) is 5.56 Å². The largest absolute Gasteiger partial charge is 0.194 e. The summed E-state index contributed by atoms with van der Waals surface area (Å²) in [6.07, 6.45) is 2.47. The Morgan fingerprint density at radius 3 is 2.54 bits per heavy atom. The van der Waals surface area contributed by atoms with Crippen LogP contribution in [0, 0.1) is 0 Å². The fraction of sp³-hybridized carbons (Fsp3) is 0.333. The number of benzene rings is 1. The highest BCUT2D eigenvalue weighted by Gasteiger charge is 2.19. The van der Waals surface area contributed by atoms with Gasteiger partial charge in [-0.2, -0.15) is 0 Å². The average molecular weight is 256 g/mol. The maximum absolute atomic E-state index is 5.69. The van der Waals surface area contributed by atoms with Crippen molar-refractivity contribution < 1.29 is 0 Å². The van der Waals surface area contributed by atoms with Crippen molar-refractivity contribution >= 4 is 46.6 Å². The number of alkyl halides is 3. The summed E-state index contributed by atoms with van der Waals surface area (Å²) in [4.78, 5) is 1.19. The Bertz CT molecular complexity index is 280. The predicted molar refractivity (Wildman–Crippen MR) is 62.2 cm³/mol. The van der Waals surface area contributed by atoms with Gasteiger partial charge in [-0.25, -0.2) is 0 Å². The first kappa shape index (κ1) is 11.5. The Morgan fingerprint density at radius 2 is 2.00 bits per heavy atom. The summed E-state index contributed by atoms with van der Waals surface area (Å²) in [7, 11) is 0. The molecule has 0 saturated carbocycles. The standard InChI is InChI=1S/C9H9Cl3S/c1-13-8-4-2-3-7(5-8)6-9(10,11)12/h2-5H,6H2,1H3. The molecule has 1 rings (SSSR count). The summed E-state index contributed by atoms with van der Waals surface area (Å²) in [5.74, 6) is 0. The molecule has 0 spiro atoms. The van der Waals surface area contributed by atoms with Crippen molar-refractivity contribution in [1.82, 2.24) is 0 Å². The molecule has 0 amide bonds. The zero-order valence-electron chi connectivity index (χ0n) is 7.06. The Balaban J connectivity index is 2.78. The van der Waals surface area contributed by atoms with Crippen LogP contribution in [0.2, 0.25) is 0 Å². The Hall–Kier alpha value is 0.440. The Kier molecular flexibility index (Phi) is 4.24. The minimum absolute atomic E-state index is 0.450. The van der Waals surface area contributed by atoms with Crippen LogP contribution in [-0.4, -0.2) is 10.0 Å². The summed E-state index contributed by atoms with van der Waals surface area (Å²) in [5, 5.41) is 0. The lowest BCUT2D eigenvalue weighted by Crippen LogP contribution is -2.06. The minimum atomic E-state index is -1.20. The zero-order chi connectivity index (χ0) is 9.90. The van der Waals surface area contributed by atoms with Crippen molar-refractivity contribution in [3.05, 3.63) is 29.8 Å². The number of thioether (sulfide) groups is 1. The van der Waals surface area contributed by atoms with E-state index in [-0.39, 0.29) is 0 Å². The number of hydrogen-bond acceptors (Lipinski definition) is 1. The summed E-state index contributed by atoms with van der Waals surface area (Å²) < 4.78 is -1.20. The van der Waals surface area contributed by atoms with Crippen molar-refractivity contribution in [2.24, 2.45) is 0 Å². The van der Waals surface area contributed by atoms with E-state index in [1.54, 1.807) is 11.8 Å². The van der Waals surface area contributed by atoms with Gasteiger partial charge in [0.1, 0.15) is 0 Å². The average Bonchev–Trinajstić information content (AvgIpc) is 2.01. The summed E-state index contributed by atoms with van der Waals surface area (Å²) in [6, 6.07) is 8.00. The van der Waals surface area contributed by atoms with E-state index in [0.717, 1.165) is 5.56 Å². The van der Waals surface area contributed by atoms with Crippen LogP contribution < -0.4 is 0 Å². The van der Waals surface area contributed by atoms with E-state index in [0.29, 0.717) is 6.42 Å². The second-order valence-corrected chi connectivity index (χ2v) is 6.04. The molecule has 0 fully saturated rings. The van der Waals surface area contributed by atoms with Crippen LogP contribution >= 0.6 is 46.6 Å². The van der Waals surface area contributed by atoms with Gasteiger partial charge in [0.15, 0.2) is 3.79 Å². The maximum atomic E-state index is 5.69. The van der Waals surface area contributed by atoms with Crippen LogP contribution in [0.15, 0.2) is 29.2 Å². The third-order valence-electron chi connectivity index (χ3n) is 1.54. The van der Waals surface area contributed by atoms with Gasteiger partial charge < -0.3 is 0 Å². The van der Waals surface area contributed by atoms with E-state index < -0.39 is 3.79 Å². The van der Waals surface area contributed by atoms with Gasteiger partial charge in [0.05, 0.1) is 0 Å². The monoisotopic (exact) mass is 254 g/mol. The van der Waals surface area contributed by atoms with E-state index in [9.17, 15) is 0 Å². The number of halogens is 3. The Morgan fingerprint density at radius 1 is 1.31 bits per heavy atom. The number of rotatable bonds is 2. The molecule has 0 bridgehead atoms. The van der Waals surface area contributed by atoms with Gasteiger partial charge in [0.25, 0.3) is 0 Å². The molecule has 1 aromatic rings. The molecule has 0 heterocycles. The molecule has 1 aromatic carbocycles. The highest BCUT2D eigenvalue weighted by atomic mass is 35.6. The van der Waals surface area contributed by atoms with E-state index >= 15 is 0 Å². The molecule has 0 aliphatic rings. The lowest BCUT2D eigenvalue weighted by Gasteiger charge is -2.10. The second kappa shape index (κ2) is 4.79. The topological polar surface area (TPSA) is 0 Å². The highest BCUT2D eigenvalue weighted by Crippen LogP contribution is 2.31. The van der Waals surface area contributed by atoms with Crippen molar-refractivity contribution in [2.75, 3.05) is 6.26 Å². The van der Waals surface area contributed by atoms with Crippen molar-refractivity contribution in [3.63, 3.8) is 0 Å². The van der Waals surface area contributed by atoms with Gasteiger partial charge in [0.2, 0.25) is 0 Å². The van der Waals surface area contributed by atoms with E-state index in [1.807, 2.05) is 30.5 Å². The first-order valence-electron chi connectivity index (χ1n) is 3.71. The molecule has 0 aliphatic carbocycles. The van der Waals surface area contributed by atoms with Crippen LogP contribution in [-0.2, 0) is 6.42 Å². The van der Waals surface area contributed by atoms with Crippen molar-refractivity contribution in [1.29, 1.82) is 0 Å². The lowest BCUT2D eigenvalue weighted by molar-refractivity contribution is 1.01. The molecule has 0 aliphatic heterocycles. The molecule has 0 nitrogen and oxygen atoms in total. The highest BCUT2D eigenvalue weighted by molar-refractivity contribution is 7.98. The summed E-state index contributed by atoms with van der Waals surface area (Å²) in [5.41, 5.74) is 1.05. The van der Waals surface area contributed by atoms with Crippen molar-refractivity contribution in [2.45, 2.75) is 15.1 Å². The quantitative estimate of drug-likeness (QED) is 0.560. The molecule has 13 heavy (non-hydrogen) atoms. The third-order valence-corrected chi connectivity index (χ3v) is 2.66. The maximum Gasteiger partial charge on any atom is 0.194 e.